The first-order valence-electron chi connectivity index (χ1n) is 10.9. The molecule has 3 heterocycles. The zero-order valence-corrected chi connectivity index (χ0v) is 17.7. The Morgan fingerprint density at radius 3 is 2.68 bits per heavy atom. The fourth-order valence-corrected chi connectivity index (χ4v) is 4.00. The normalized spacial score (nSPS) is 12.3. The number of aromatic hydroxyl groups is 1. The van der Waals surface area contributed by atoms with Crippen LogP contribution >= 0.6 is 0 Å². The molecular formula is C25H27FN4O. The first kappa shape index (κ1) is 21.0. The summed E-state index contributed by atoms with van der Waals surface area (Å²) in [5.74, 6) is 0.165. The Morgan fingerprint density at radius 2 is 1.87 bits per heavy atom. The highest BCUT2D eigenvalue weighted by atomic mass is 19.1. The van der Waals surface area contributed by atoms with Crippen LogP contribution in [0.5, 0.6) is 5.88 Å². The number of hydrogen-bond donors (Lipinski definition) is 1. The maximum absolute atomic E-state index is 13.7. The molecule has 4 rings (SSSR count). The van der Waals surface area contributed by atoms with Gasteiger partial charge in [-0.25, -0.2) is 18.9 Å². The Morgan fingerprint density at radius 1 is 1.03 bits per heavy atom. The van der Waals surface area contributed by atoms with Crippen molar-refractivity contribution >= 4 is 5.65 Å². The molecule has 1 atom stereocenters. The number of unbranched alkanes of at least 4 members (excludes halogenated alkanes) is 1. The highest BCUT2D eigenvalue weighted by molar-refractivity contribution is 5.59. The second kappa shape index (κ2) is 9.69. The molecule has 5 nitrogen and oxygen atoms in total. The minimum atomic E-state index is -0.167. The van der Waals surface area contributed by atoms with Crippen LogP contribution < -0.4 is 0 Å². The van der Waals surface area contributed by atoms with E-state index in [1.54, 1.807) is 35.0 Å². The number of imidazole rings is 1. The van der Waals surface area contributed by atoms with Crippen LogP contribution in [-0.2, 0) is 6.42 Å². The van der Waals surface area contributed by atoms with Crippen molar-refractivity contribution in [3.63, 3.8) is 0 Å². The number of aryl methyl sites for hydroxylation is 1. The van der Waals surface area contributed by atoms with Crippen LogP contribution in [-0.4, -0.2) is 24.7 Å². The van der Waals surface area contributed by atoms with Crippen LogP contribution in [0, 0.1) is 5.82 Å². The maximum Gasteiger partial charge on any atom is 0.211 e. The molecule has 0 saturated heterocycles. The Bertz CT molecular complexity index is 1160. The lowest BCUT2D eigenvalue weighted by Gasteiger charge is -2.17. The lowest BCUT2D eigenvalue weighted by Crippen LogP contribution is -2.03. The topological polar surface area (TPSA) is 63.3 Å². The van der Waals surface area contributed by atoms with Gasteiger partial charge in [0.05, 0.1) is 17.6 Å². The van der Waals surface area contributed by atoms with Crippen molar-refractivity contribution < 1.29 is 9.50 Å². The fraction of sp³-hybridized carbons (Fsp3) is 0.320. The molecular weight excluding hydrogens is 391 g/mol. The molecule has 0 spiro atoms. The second-order valence-electron chi connectivity index (χ2n) is 7.91. The Labute approximate surface area is 181 Å². The van der Waals surface area contributed by atoms with Crippen LogP contribution in [0.25, 0.3) is 17.0 Å². The smallest absolute Gasteiger partial charge is 0.211 e. The zero-order valence-electron chi connectivity index (χ0n) is 17.7. The van der Waals surface area contributed by atoms with Crippen molar-refractivity contribution in [1.29, 1.82) is 0 Å². The third-order valence-electron chi connectivity index (χ3n) is 5.63. The van der Waals surface area contributed by atoms with Crippen LogP contribution in [0.2, 0.25) is 0 Å². The second-order valence-corrected chi connectivity index (χ2v) is 7.91. The molecule has 4 aromatic rings. The number of benzene rings is 1. The summed E-state index contributed by atoms with van der Waals surface area (Å²) in [6, 6.07) is 16.1. The summed E-state index contributed by atoms with van der Waals surface area (Å²) < 4.78 is 15.5. The van der Waals surface area contributed by atoms with Crippen LogP contribution in [0.4, 0.5) is 4.39 Å². The summed E-state index contributed by atoms with van der Waals surface area (Å²) in [4.78, 5) is 8.57. The average Bonchev–Trinajstić information content (AvgIpc) is 3.19. The Hall–Kier alpha value is -3.28. The summed E-state index contributed by atoms with van der Waals surface area (Å²) >= 11 is 0. The van der Waals surface area contributed by atoms with Gasteiger partial charge in [-0.2, -0.15) is 5.10 Å². The Balaban J connectivity index is 1.48. The lowest BCUT2D eigenvalue weighted by atomic mass is 9.88. The molecule has 0 unspecified atom stereocenters. The number of fused-ring (bicyclic) bond motifs is 1. The van der Waals surface area contributed by atoms with Crippen LogP contribution in [0.15, 0.2) is 60.8 Å². The first-order chi connectivity index (χ1) is 15.1. The number of hydrogen-bond acceptors (Lipinski definition) is 4. The zero-order chi connectivity index (χ0) is 21.6. The van der Waals surface area contributed by atoms with Crippen LogP contribution in [0.3, 0.4) is 0 Å². The summed E-state index contributed by atoms with van der Waals surface area (Å²) in [7, 11) is 0. The molecule has 0 radical (unpaired) electrons. The number of pyridine rings is 1. The molecule has 0 saturated carbocycles. The van der Waals surface area contributed by atoms with Crippen molar-refractivity contribution in [2.24, 2.45) is 0 Å². The van der Waals surface area contributed by atoms with E-state index < -0.39 is 0 Å². The maximum atomic E-state index is 13.7. The minimum absolute atomic E-state index is 0.0286. The molecule has 1 N–H and O–H groups in total. The summed E-state index contributed by atoms with van der Waals surface area (Å²) in [6.45, 7) is 2.19. The van der Waals surface area contributed by atoms with E-state index in [2.05, 4.69) is 16.9 Å². The quantitative estimate of drug-likeness (QED) is 0.366. The monoisotopic (exact) mass is 418 g/mol. The third kappa shape index (κ3) is 5.08. The van der Waals surface area contributed by atoms with Gasteiger partial charge in [-0.1, -0.05) is 38.0 Å². The molecule has 160 valence electrons. The van der Waals surface area contributed by atoms with Gasteiger partial charge in [0.25, 0.3) is 0 Å². The molecule has 1 aromatic carbocycles. The first-order valence-corrected chi connectivity index (χ1v) is 10.9. The highest BCUT2D eigenvalue weighted by Crippen LogP contribution is 2.28. The van der Waals surface area contributed by atoms with Gasteiger partial charge in [0.15, 0.2) is 5.65 Å². The van der Waals surface area contributed by atoms with Gasteiger partial charge in [0.2, 0.25) is 5.88 Å². The van der Waals surface area contributed by atoms with Crippen molar-refractivity contribution in [2.75, 3.05) is 0 Å². The minimum Gasteiger partial charge on any atom is -0.493 e. The van der Waals surface area contributed by atoms with Gasteiger partial charge >= 0.3 is 0 Å². The van der Waals surface area contributed by atoms with Crippen LogP contribution in [0.1, 0.15) is 56.2 Å². The van der Waals surface area contributed by atoms with E-state index in [4.69, 9.17) is 5.10 Å². The van der Waals surface area contributed by atoms with Gasteiger partial charge in [0.1, 0.15) is 11.5 Å². The predicted molar refractivity (Wildman–Crippen MR) is 119 cm³/mol. The van der Waals surface area contributed by atoms with Crippen molar-refractivity contribution in [3.8, 4) is 17.3 Å². The average molecular weight is 419 g/mol. The summed E-state index contributed by atoms with van der Waals surface area (Å²) in [5, 5.41) is 14.5. The standard InChI is InChI=1S/C25H27FN4O/c1-2-3-7-18(19-9-4-10-20(26)16-19)8-5-11-21-14-15-24-27-17-23(30(24)29-21)22-12-6-13-25(31)28-22/h4,6,9-10,12-18H,2-3,5,7-8,11H2,1H3,(H,28,31)/t18-/m0/s1. The van der Waals surface area contributed by atoms with E-state index in [0.29, 0.717) is 11.6 Å². The number of rotatable bonds is 9. The molecule has 3 aromatic heterocycles. The largest absolute Gasteiger partial charge is 0.493 e. The van der Waals surface area contributed by atoms with Crippen molar-refractivity contribution in [2.45, 2.75) is 51.4 Å². The third-order valence-corrected chi connectivity index (χ3v) is 5.63. The predicted octanol–water partition coefficient (Wildman–Crippen LogP) is 5.93. The van der Waals surface area contributed by atoms with E-state index >= 15 is 0 Å². The number of aromatic nitrogens is 4. The fourth-order valence-electron chi connectivity index (χ4n) is 4.00. The van der Waals surface area contributed by atoms with Gasteiger partial charge in [0, 0.05) is 6.07 Å². The van der Waals surface area contributed by atoms with E-state index in [9.17, 15) is 9.50 Å². The molecule has 6 heteroatoms. The molecule has 0 fully saturated rings. The van der Waals surface area contributed by atoms with Crippen molar-refractivity contribution in [1.82, 2.24) is 19.6 Å². The SMILES string of the molecule is CCCC[C@@H](CCCc1ccc2ncc(-c3cccc(O)n3)n2n1)c1cccc(F)c1. The Kier molecular flexibility index (Phi) is 6.55. The lowest BCUT2D eigenvalue weighted by molar-refractivity contribution is 0.454. The van der Waals surface area contributed by atoms with Gasteiger partial charge in [-0.15, -0.1) is 0 Å². The van der Waals surface area contributed by atoms with Crippen molar-refractivity contribution in [3.05, 3.63) is 77.9 Å². The van der Waals surface area contributed by atoms with E-state index in [0.717, 1.165) is 61.1 Å². The van der Waals surface area contributed by atoms with Gasteiger partial charge in [-0.3, -0.25) is 0 Å². The molecule has 0 aliphatic heterocycles. The number of nitrogens with zero attached hydrogens (tertiary/aromatic N) is 4. The highest BCUT2D eigenvalue weighted by Gasteiger charge is 2.13. The molecule has 0 aliphatic rings. The van der Waals surface area contributed by atoms with E-state index in [1.807, 2.05) is 24.3 Å². The summed E-state index contributed by atoms with van der Waals surface area (Å²) in [5.41, 5.74) is 4.17. The molecule has 0 bridgehead atoms. The molecule has 0 amide bonds. The van der Waals surface area contributed by atoms with Gasteiger partial charge in [-0.05, 0) is 67.5 Å². The number of halogens is 1. The molecule has 0 aliphatic carbocycles. The molecule has 31 heavy (non-hydrogen) atoms. The van der Waals surface area contributed by atoms with Gasteiger partial charge < -0.3 is 5.11 Å². The van der Waals surface area contributed by atoms with E-state index in [1.165, 1.54) is 6.07 Å². The van der Waals surface area contributed by atoms with E-state index in [-0.39, 0.29) is 11.7 Å². The summed E-state index contributed by atoms with van der Waals surface area (Å²) in [6.07, 6.45) is 7.86.